The third-order valence-corrected chi connectivity index (χ3v) is 4.44. The number of nitrogens with one attached hydrogen (secondary N) is 4. The molecule has 0 saturated carbocycles. The third-order valence-electron chi connectivity index (χ3n) is 4.44. The van der Waals surface area contributed by atoms with Crippen LogP contribution in [0.1, 0.15) is 31.4 Å². The monoisotopic (exact) mass is 335 g/mol. The second kappa shape index (κ2) is 7.14. The van der Waals surface area contributed by atoms with Gasteiger partial charge < -0.3 is 16.0 Å². The van der Waals surface area contributed by atoms with Crippen LogP contribution in [0.4, 0.5) is 14.0 Å². The molecule has 2 aliphatic heterocycles. The van der Waals surface area contributed by atoms with Crippen LogP contribution in [0.2, 0.25) is 0 Å². The molecule has 0 aliphatic carbocycles. The Morgan fingerprint density at radius 1 is 1.17 bits per heavy atom. The number of piperidine rings is 1. The van der Waals surface area contributed by atoms with Gasteiger partial charge in [-0.2, -0.15) is 0 Å². The fourth-order valence-corrected chi connectivity index (χ4v) is 3.16. The first kappa shape index (κ1) is 16.7. The van der Waals surface area contributed by atoms with E-state index < -0.39 is 18.4 Å². The molecule has 2 saturated heterocycles. The molecule has 0 bridgehead atoms. The lowest BCUT2D eigenvalue weighted by Gasteiger charge is -2.39. The van der Waals surface area contributed by atoms with Crippen molar-refractivity contribution in [2.75, 3.05) is 13.1 Å². The van der Waals surface area contributed by atoms with Crippen molar-refractivity contribution in [2.45, 2.75) is 38.1 Å². The number of nitrogens with zero attached hydrogens (tertiary/aromatic N) is 1. The van der Waals surface area contributed by atoms with Crippen molar-refractivity contribution in [1.82, 2.24) is 26.2 Å². The number of amides is 4. The molecule has 1 aromatic rings. The lowest BCUT2D eigenvalue weighted by atomic mass is 10.1. The molecule has 4 amide bonds. The zero-order chi connectivity index (χ0) is 17.1. The van der Waals surface area contributed by atoms with E-state index in [1.165, 1.54) is 11.0 Å². The van der Waals surface area contributed by atoms with Gasteiger partial charge in [-0.25, -0.2) is 18.9 Å². The van der Waals surface area contributed by atoms with Crippen LogP contribution in [0.3, 0.4) is 0 Å². The summed E-state index contributed by atoms with van der Waals surface area (Å²) < 4.78 is 13.8. The highest BCUT2D eigenvalue weighted by atomic mass is 19.1. The minimum atomic E-state index is -0.738. The number of carbonyl (C=O) groups is 2. The molecule has 0 radical (unpaired) electrons. The second-order valence-corrected chi connectivity index (χ2v) is 6.09. The van der Waals surface area contributed by atoms with Crippen LogP contribution < -0.4 is 21.3 Å². The highest BCUT2D eigenvalue weighted by molar-refractivity contribution is 5.96. The van der Waals surface area contributed by atoms with E-state index in [1.54, 1.807) is 25.1 Å². The van der Waals surface area contributed by atoms with Gasteiger partial charge in [0.25, 0.3) is 0 Å². The number of benzene rings is 1. The average molecular weight is 335 g/mol. The van der Waals surface area contributed by atoms with Crippen molar-refractivity contribution in [1.29, 1.82) is 0 Å². The van der Waals surface area contributed by atoms with Gasteiger partial charge in [0.15, 0.2) is 6.29 Å². The smallest absolute Gasteiger partial charge is 0.317 e. The van der Waals surface area contributed by atoms with Gasteiger partial charge in [-0.1, -0.05) is 18.2 Å². The summed E-state index contributed by atoms with van der Waals surface area (Å²) in [6.45, 7) is 3.34. The van der Waals surface area contributed by atoms with E-state index in [0.717, 1.165) is 25.9 Å². The minimum Gasteiger partial charge on any atom is -0.317 e. The number of carbonyl (C=O) groups excluding carboxylic acids is 2. The SMILES string of the molecule is CC(NC1NC(=O)N(C2CCNCC2)C(=O)N1)c1ccccc1F. The summed E-state index contributed by atoms with van der Waals surface area (Å²) >= 11 is 0. The number of hydrogen-bond acceptors (Lipinski definition) is 4. The molecule has 1 atom stereocenters. The topological polar surface area (TPSA) is 85.5 Å². The van der Waals surface area contributed by atoms with Crippen molar-refractivity contribution in [3.05, 3.63) is 35.6 Å². The number of rotatable bonds is 4. The van der Waals surface area contributed by atoms with Gasteiger partial charge in [0.1, 0.15) is 5.82 Å². The van der Waals surface area contributed by atoms with Crippen LogP contribution >= 0.6 is 0 Å². The van der Waals surface area contributed by atoms with E-state index in [1.807, 2.05) is 0 Å². The highest BCUT2D eigenvalue weighted by Crippen LogP contribution is 2.18. The second-order valence-electron chi connectivity index (χ2n) is 6.09. The van der Waals surface area contributed by atoms with E-state index in [-0.39, 0.29) is 17.9 Å². The molecular formula is C16H22FN5O2. The standard InChI is InChI=1S/C16H22FN5O2/c1-10(12-4-2-3-5-13(12)17)19-14-20-15(23)22(16(24)21-14)11-6-8-18-9-7-11/h2-5,10-11,14,18-19H,6-9H2,1H3,(H,20,23)(H,21,24). The van der Waals surface area contributed by atoms with E-state index in [9.17, 15) is 14.0 Å². The fraction of sp³-hybridized carbons (Fsp3) is 0.500. The summed E-state index contributed by atoms with van der Waals surface area (Å²) in [5.41, 5.74) is 0.474. The van der Waals surface area contributed by atoms with E-state index in [2.05, 4.69) is 21.3 Å². The maximum atomic E-state index is 13.8. The molecule has 7 nitrogen and oxygen atoms in total. The summed E-state index contributed by atoms with van der Waals surface area (Å²) in [6.07, 6.45) is 0.743. The van der Waals surface area contributed by atoms with Crippen molar-refractivity contribution in [3.63, 3.8) is 0 Å². The van der Waals surface area contributed by atoms with Crippen LogP contribution in [-0.4, -0.2) is 42.4 Å². The lowest BCUT2D eigenvalue weighted by Crippen LogP contribution is -2.70. The summed E-state index contributed by atoms with van der Waals surface area (Å²) in [5.74, 6) is -0.331. The third kappa shape index (κ3) is 3.49. The molecule has 1 unspecified atom stereocenters. The highest BCUT2D eigenvalue weighted by Gasteiger charge is 2.37. The summed E-state index contributed by atoms with van der Waals surface area (Å²) in [5, 5.41) is 11.7. The quantitative estimate of drug-likeness (QED) is 0.667. The molecule has 0 spiro atoms. The lowest BCUT2D eigenvalue weighted by molar-refractivity contribution is 0.132. The van der Waals surface area contributed by atoms with Crippen LogP contribution in [0.5, 0.6) is 0 Å². The molecule has 1 aromatic carbocycles. The van der Waals surface area contributed by atoms with Gasteiger partial charge in [0, 0.05) is 17.6 Å². The normalized spacial score (nSPS) is 21.3. The van der Waals surface area contributed by atoms with E-state index in [0.29, 0.717) is 5.56 Å². The Morgan fingerprint density at radius 3 is 2.42 bits per heavy atom. The Hall–Kier alpha value is -2.19. The molecule has 8 heteroatoms. The first-order valence-electron chi connectivity index (χ1n) is 8.17. The van der Waals surface area contributed by atoms with Crippen LogP contribution in [0, 0.1) is 5.82 Å². The number of hydrogen-bond donors (Lipinski definition) is 4. The van der Waals surface area contributed by atoms with Crippen LogP contribution in [-0.2, 0) is 0 Å². The van der Waals surface area contributed by atoms with Crippen molar-refractivity contribution in [3.8, 4) is 0 Å². The Balaban J connectivity index is 1.63. The van der Waals surface area contributed by atoms with Gasteiger partial charge >= 0.3 is 12.1 Å². The van der Waals surface area contributed by atoms with E-state index in [4.69, 9.17) is 0 Å². The molecule has 2 fully saturated rings. The first-order chi connectivity index (χ1) is 11.6. The Kier molecular flexibility index (Phi) is 4.96. The summed E-state index contributed by atoms with van der Waals surface area (Å²) in [6, 6.07) is 5.08. The summed E-state index contributed by atoms with van der Waals surface area (Å²) in [4.78, 5) is 25.9. The van der Waals surface area contributed by atoms with Crippen LogP contribution in [0.15, 0.2) is 24.3 Å². The van der Waals surface area contributed by atoms with Gasteiger partial charge in [-0.15, -0.1) is 0 Å². The maximum absolute atomic E-state index is 13.8. The Labute approximate surface area is 140 Å². The number of halogens is 1. The number of imide groups is 1. The van der Waals surface area contributed by atoms with Crippen molar-refractivity contribution >= 4 is 12.1 Å². The first-order valence-corrected chi connectivity index (χ1v) is 8.17. The molecule has 2 aliphatic rings. The minimum absolute atomic E-state index is 0.101. The molecule has 0 aromatic heterocycles. The molecule has 24 heavy (non-hydrogen) atoms. The largest absolute Gasteiger partial charge is 0.328 e. The molecule has 3 rings (SSSR count). The molecular weight excluding hydrogens is 313 g/mol. The number of urea groups is 2. The van der Waals surface area contributed by atoms with E-state index >= 15 is 0 Å². The average Bonchev–Trinajstić information content (AvgIpc) is 2.55. The zero-order valence-corrected chi connectivity index (χ0v) is 13.5. The van der Waals surface area contributed by atoms with Gasteiger partial charge in [0.05, 0.1) is 0 Å². The van der Waals surface area contributed by atoms with Gasteiger partial charge in [-0.05, 0) is 38.9 Å². The zero-order valence-electron chi connectivity index (χ0n) is 13.5. The molecule has 130 valence electrons. The predicted octanol–water partition coefficient (Wildman–Crippen LogP) is 1.25. The Morgan fingerprint density at radius 2 is 1.79 bits per heavy atom. The van der Waals surface area contributed by atoms with Crippen LogP contribution in [0.25, 0.3) is 0 Å². The maximum Gasteiger partial charge on any atom is 0.328 e. The van der Waals surface area contributed by atoms with Crippen molar-refractivity contribution in [2.24, 2.45) is 0 Å². The van der Waals surface area contributed by atoms with Gasteiger partial charge in [0.2, 0.25) is 0 Å². The molecule has 2 heterocycles. The predicted molar refractivity (Wildman–Crippen MR) is 86.5 cm³/mol. The van der Waals surface area contributed by atoms with Crippen molar-refractivity contribution < 1.29 is 14.0 Å². The van der Waals surface area contributed by atoms with Gasteiger partial charge in [-0.3, -0.25) is 5.32 Å². The Bertz CT molecular complexity index is 602. The fourth-order valence-electron chi connectivity index (χ4n) is 3.16. The summed E-state index contributed by atoms with van der Waals surface area (Å²) in [7, 11) is 0. The molecule has 4 N–H and O–H groups in total.